The van der Waals surface area contributed by atoms with E-state index in [0.29, 0.717) is 12.0 Å². The van der Waals surface area contributed by atoms with Crippen LogP contribution in [0.25, 0.3) is 0 Å². The smallest absolute Gasteiger partial charge is 0.225 e. The quantitative estimate of drug-likeness (QED) is 0.373. The van der Waals surface area contributed by atoms with E-state index in [2.05, 4.69) is 29.6 Å². The van der Waals surface area contributed by atoms with E-state index in [-0.39, 0.29) is 24.0 Å². The monoisotopic (exact) mass is 458 g/mol. The number of anilines is 1. The summed E-state index contributed by atoms with van der Waals surface area (Å²) in [6.07, 6.45) is 3.57. The molecular weight excluding hydrogens is 431 g/mol. The molecule has 0 aliphatic carbocycles. The van der Waals surface area contributed by atoms with Gasteiger partial charge in [-0.05, 0) is 6.07 Å². The lowest BCUT2D eigenvalue weighted by Crippen LogP contribution is -2.62. The van der Waals surface area contributed by atoms with Crippen LogP contribution in [0.2, 0.25) is 0 Å². The second kappa shape index (κ2) is 8.45. The molecule has 4 aliphatic heterocycles. The van der Waals surface area contributed by atoms with Gasteiger partial charge in [0.1, 0.15) is 0 Å². The van der Waals surface area contributed by atoms with Gasteiger partial charge in [-0.15, -0.1) is 24.0 Å². The van der Waals surface area contributed by atoms with E-state index in [0.717, 1.165) is 45.2 Å². The Kier molecular flexibility index (Phi) is 6.29. The van der Waals surface area contributed by atoms with Crippen LogP contribution in [0.5, 0.6) is 0 Å². The summed E-state index contributed by atoms with van der Waals surface area (Å²) in [5.74, 6) is 1.48. The first-order chi connectivity index (χ1) is 11.8. The maximum atomic E-state index is 6.24. The van der Waals surface area contributed by atoms with Gasteiger partial charge in [0.25, 0.3) is 0 Å². The topological polar surface area (TPSA) is 77.1 Å². The predicted octanol–water partition coefficient (Wildman–Crippen LogP) is -0.469. The molecule has 1 aromatic rings. The SMILES string of the molecule is I.NC(=NCC1CN2CCN1CC2)N1CCN(c2ncccn2)CC1. The lowest BCUT2D eigenvalue weighted by Gasteiger charge is -2.47. The van der Waals surface area contributed by atoms with Gasteiger partial charge in [-0.2, -0.15) is 0 Å². The van der Waals surface area contributed by atoms with E-state index in [1.807, 2.05) is 6.07 Å². The van der Waals surface area contributed by atoms with Crippen molar-refractivity contribution in [1.29, 1.82) is 0 Å². The zero-order chi connectivity index (χ0) is 16.4. The van der Waals surface area contributed by atoms with Crippen molar-refractivity contribution >= 4 is 35.9 Å². The van der Waals surface area contributed by atoms with Crippen molar-refractivity contribution < 1.29 is 0 Å². The first-order valence-electron chi connectivity index (χ1n) is 8.83. The van der Waals surface area contributed by atoms with Crippen LogP contribution in [0.4, 0.5) is 5.95 Å². The van der Waals surface area contributed by atoms with Crippen LogP contribution < -0.4 is 10.6 Å². The van der Waals surface area contributed by atoms with Crippen LogP contribution in [-0.2, 0) is 0 Å². The highest BCUT2D eigenvalue weighted by Crippen LogP contribution is 2.16. The summed E-state index contributed by atoms with van der Waals surface area (Å²) >= 11 is 0. The highest BCUT2D eigenvalue weighted by molar-refractivity contribution is 14.0. The summed E-state index contributed by atoms with van der Waals surface area (Å²) in [6, 6.07) is 2.37. The van der Waals surface area contributed by atoms with Crippen LogP contribution in [0.1, 0.15) is 0 Å². The standard InChI is InChI=1S/C16H26N8.HI/c17-15(20-12-14-13-21-4-6-22(14)7-5-21)23-8-10-24(11-9-23)16-18-2-1-3-19-16;/h1-3,14H,4-13H2,(H2,17,20);1H. The molecule has 9 heteroatoms. The number of rotatable bonds is 3. The average molecular weight is 458 g/mol. The van der Waals surface area contributed by atoms with Crippen molar-refractivity contribution in [2.75, 3.05) is 70.3 Å². The van der Waals surface area contributed by atoms with Gasteiger partial charge in [-0.1, -0.05) is 0 Å². The fraction of sp³-hybridized carbons (Fsp3) is 0.688. The third-order valence-electron chi connectivity index (χ3n) is 5.29. The first kappa shape index (κ1) is 18.6. The lowest BCUT2D eigenvalue weighted by atomic mass is 10.1. The minimum absolute atomic E-state index is 0. The number of guanidine groups is 1. The van der Waals surface area contributed by atoms with E-state index in [4.69, 9.17) is 10.7 Å². The number of fused-ring (bicyclic) bond motifs is 3. The van der Waals surface area contributed by atoms with Crippen LogP contribution in [0.15, 0.2) is 23.5 Å². The van der Waals surface area contributed by atoms with Crippen molar-refractivity contribution in [1.82, 2.24) is 24.7 Å². The molecule has 25 heavy (non-hydrogen) atoms. The Balaban J connectivity index is 0.00000182. The highest BCUT2D eigenvalue weighted by atomic mass is 127. The van der Waals surface area contributed by atoms with E-state index >= 15 is 0 Å². The van der Waals surface area contributed by atoms with E-state index in [9.17, 15) is 0 Å². The summed E-state index contributed by atoms with van der Waals surface area (Å²) in [6.45, 7) is 10.2. The van der Waals surface area contributed by atoms with Crippen LogP contribution in [0.3, 0.4) is 0 Å². The molecule has 5 rings (SSSR count). The Morgan fingerprint density at radius 1 is 1.04 bits per heavy atom. The zero-order valence-electron chi connectivity index (χ0n) is 14.5. The number of halogens is 1. The summed E-state index contributed by atoms with van der Waals surface area (Å²) in [7, 11) is 0. The molecule has 1 atom stereocenters. The molecule has 4 saturated heterocycles. The lowest BCUT2D eigenvalue weighted by molar-refractivity contribution is 0.0173. The number of aromatic nitrogens is 2. The molecule has 0 saturated carbocycles. The molecule has 4 aliphatic rings. The van der Waals surface area contributed by atoms with Gasteiger partial charge in [0, 0.05) is 77.3 Å². The molecule has 4 fully saturated rings. The molecule has 138 valence electrons. The summed E-state index contributed by atoms with van der Waals surface area (Å²) in [5.41, 5.74) is 6.24. The molecular formula is C16H27IN8. The fourth-order valence-electron chi connectivity index (χ4n) is 3.79. The largest absolute Gasteiger partial charge is 0.370 e. The average Bonchev–Trinajstić information content (AvgIpc) is 2.68. The molecule has 2 bridgehead atoms. The van der Waals surface area contributed by atoms with Gasteiger partial charge in [0.2, 0.25) is 5.95 Å². The maximum Gasteiger partial charge on any atom is 0.225 e. The zero-order valence-corrected chi connectivity index (χ0v) is 16.8. The second-order valence-corrected chi connectivity index (χ2v) is 6.71. The van der Waals surface area contributed by atoms with Gasteiger partial charge < -0.3 is 15.5 Å². The molecule has 1 aromatic heterocycles. The molecule has 0 spiro atoms. The van der Waals surface area contributed by atoms with Crippen molar-refractivity contribution in [3.8, 4) is 0 Å². The number of hydrogen-bond acceptors (Lipinski definition) is 6. The number of hydrogen-bond donors (Lipinski definition) is 1. The Morgan fingerprint density at radius 2 is 1.72 bits per heavy atom. The third-order valence-corrected chi connectivity index (χ3v) is 5.29. The van der Waals surface area contributed by atoms with E-state index < -0.39 is 0 Å². The van der Waals surface area contributed by atoms with Crippen molar-refractivity contribution in [3.05, 3.63) is 18.5 Å². The summed E-state index contributed by atoms with van der Waals surface area (Å²) in [5, 5.41) is 0. The third kappa shape index (κ3) is 4.32. The Bertz CT molecular complexity index is 567. The van der Waals surface area contributed by atoms with Gasteiger partial charge in [0.15, 0.2) is 5.96 Å². The number of piperazine rings is 4. The number of aliphatic imine (C=N–C) groups is 1. The Morgan fingerprint density at radius 3 is 2.32 bits per heavy atom. The molecule has 0 radical (unpaired) electrons. The molecule has 0 amide bonds. The van der Waals surface area contributed by atoms with Gasteiger partial charge in [-0.25, -0.2) is 9.97 Å². The van der Waals surface area contributed by atoms with Crippen LogP contribution in [0, 0.1) is 0 Å². The molecule has 5 heterocycles. The van der Waals surface area contributed by atoms with Gasteiger partial charge >= 0.3 is 0 Å². The maximum absolute atomic E-state index is 6.24. The predicted molar refractivity (Wildman–Crippen MR) is 110 cm³/mol. The minimum atomic E-state index is 0. The molecule has 1 unspecified atom stereocenters. The second-order valence-electron chi connectivity index (χ2n) is 6.71. The first-order valence-corrected chi connectivity index (χ1v) is 8.83. The summed E-state index contributed by atoms with van der Waals surface area (Å²) < 4.78 is 0. The van der Waals surface area contributed by atoms with E-state index in [1.54, 1.807) is 12.4 Å². The van der Waals surface area contributed by atoms with Crippen molar-refractivity contribution in [3.63, 3.8) is 0 Å². The number of nitrogens with zero attached hydrogens (tertiary/aromatic N) is 7. The summed E-state index contributed by atoms with van der Waals surface area (Å²) in [4.78, 5) is 22.8. The number of nitrogens with two attached hydrogens (primary N) is 1. The molecule has 2 N–H and O–H groups in total. The molecule has 8 nitrogen and oxygen atoms in total. The Labute approximate surface area is 166 Å². The van der Waals surface area contributed by atoms with Crippen molar-refractivity contribution in [2.45, 2.75) is 6.04 Å². The van der Waals surface area contributed by atoms with E-state index in [1.165, 1.54) is 26.2 Å². The minimum Gasteiger partial charge on any atom is -0.370 e. The normalized spacial score (nSPS) is 29.4. The van der Waals surface area contributed by atoms with Gasteiger partial charge in [-0.3, -0.25) is 14.8 Å². The highest BCUT2D eigenvalue weighted by Gasteiger charge is 2.31. The van der Waals surface area contributed by atoms with Crippen molar-refractivity contribution in [2.24, 2.45) is 10.7 Å². The molecule has 0 aromatic carbocycles. The van der Waals surface area contributed by atoms with Crippen LogP contribution >= 0.6 is 24.0 Å². The fourth-order valence-corrected chi connectivity index (χ4v) is 3.79. The van der Waals surface area contributed by atoms with Gasteiger partial charge in [0.05, 0.1) is 6.54 Å². The van der Waals surface area contributed by atoms with Crippen LogP contribution in [-0.4, -0.2) is 102 Å². The Hall–Kier alpha value is -1.20.